The quantitative estimate of drug-likeness (QED) is 0.792. The highest BCUT2D eigenvalue weighted by Gasteiger charge is 2.07. The topological polar surface area (TPSA) is 56.7 Å². The van der Waals surface area contributed by atoms with Crippen LogP contribution in [0.15, 0.2) is 46.9 Å². The summed E-state index contributed by atoms with van der Waals surface area (Å²) in [6, 6.07) is 13.9. The third-order valence-corrected chi connectivity index (χ3v) is 3.59. The van der Waals surface area contributed by atoms with E-state index in [1.54, 1.807) is 0 Å². The lowest BCUT2D eigenvalue weighted by Gasteiger charge is -2.06. The number of benzene rings is 2. The first kappa shape index (κ1) is 11.4. The Morgan fingerprint density at radius 2 is 2.00 bits per heavy atom. The predicted octanol–water partition coefficient (Wildman–Crippen LogP) is 2.64. The highest BCUT2D eigenvalue weighted by molar-refractivity contribution is 9.10. The summed E-state index contributed by atoms with van der Waals surface area (Å²) in [4.78, 5) is 0. The van der Waals surface area contributed by atoms with Gasteiger partial charge in [0, 0.05) is 11.0 Å². The monoisotopic (exact) mass is 302 g/mol. The molecule has 0 unspecified atom stereocenters. The number of para-hydroxylation sites is 1. The Balaban J connectivity index is 2.17. The maximum absolute atomic E-state index is 5.65. The molecule has 3 rings (SSSR count). The fourth-order valence-electron chi connectivity index (χ4n) is 1.89. The lowest BCUT2D eigenvalue weighted by molar-refractivity contribution is 0.822. The fraction of sp³-hybridized carbons (Fsp3) is 0.0769. The van der Waals surface area contributed by atoms with Crippen molar-refractivity contribution in [3.63, 3.8) is 0 Å². The SMILES string of the molecule is NCc1ccc(-n2nnc3ccccc32)cc1Br. The molecule has 2 N–H and O–H groups in total. The Morgan fingerprint density at radius 3 is 2.78 bits per heavy atom. The van der Waals surface area contributed by atoms with E-state index in [2.05, 4.69) is 26.2 Å². The summed E-state index contributed by atoms with van der Waals surface area (Å²) in [5.74, 6) is 0. The second-order valence-electron chi connectivity index (χ2n) is 3.97. The average molecular weight is 303 g/mol. The molecule has 0 fully saturated rings. The lowest BCUT2D eigenvalue weighted by Crippen LogP contribution is -2.00. The minimum Gasteiger partial charge on any atom is -0.326 e. The van der Waals surface area contributed by atoms with Gasteiger partial charge in [0.05, 0.1) is 11.2 Å². The van der Waals surface area contributed by atoms with Gasteiger partial charge in [0.15, 0.2) is 0 Å². The molecule has 0 spiro atoms. The van der Waals surface area contributed by atoms with Crippen LogP contribution in [0.4, 0.5) is 0 Å². The van der Waals surface area contributed by atoms with Gasteiger partial charge in [-0.2, -0.15) is 0 Å². The number of hydrogen-bond donors (Lipinski definition) is 1. The second kappa shape index (κ2) is 4.51. The summed E-state index contributed by atoms with van der Waals surface area (Å²) in [6.07, 6.45) is 0. The first-order valence-electron chi connectivity index (χ1n) is 5.59. The first-order valence-corrected chi connectivity index (χ1v) is 6.38. The van der Waals surface area contributed by atoms with Crippen molar-refractivity contribution < 1.29 is 0 Å². The van der Waals surface area contributed by atoms with Crippen molar-refractivity contribution in [1.29, 1.82) is 0 Å². The van der Waals surface area contributed by atoms with Crippen molar-refractivity contribution in [1.82, 2.24) is 15.0 Å². The minimum atomic E-state index is 0.513. The van der Waals surface area contributed by atoms with E-state index in [-0.39, 0.29) is 0 Å². The van der Waals surface area contributed by atoms with Crippen molar-refractivity contribution in [2.75, 3.05) is 0 Å². The zero-order chi connectivity index (χ0) is 12.5. The van der Waals surface area contributed by atoms with Crippen LogP contribution < -0.4 is 5.73 Å². The van der Waals surface area contributed by atoms with Crippen LogP contribution in [0.25, 0.3) is 16.7 Å². The van der Waals surface area contributed by atoms with E-state index >= 15 is 0 Å². The number of halogens is 1. The van der Waals surface area contributed by atoms with E-state index in [1.807, 2.05) is 47.1 Å². The minimum absolute atomic E-state index is 0.513. The number of nitrogens with zero attached hydrogens (tertiary/aromatic N) is 3. The summed E-state index contributed by atoms with van der Waals surface area (Å²) in [6.45, 7) is 0.513. The van der Waals surface area contributed by atoms with Gasteiger partial charge >= 0.3 is 0 Å². The summed E-state index contributed by atoms with van der Waals surface area (Å²) in [5, 5.41) is 8.32. The molecule has 0 atom stereocenters. The van der Waals surface area contributed by atoms with Gasteiger partial charge in [-0.25, -0.2) is 4.68 Å². The summed E-state index contributed by atoms with van der Waals surface area (Å²) >= 11 is 3.52. The van der Waals surface area contributed by atoms with Crippen LogP contribution in [0.2, 0.25) is 0 Å². The van der Waals surface area contributed by atoms with E-state index in [0.717, 1.165) is 26.8 Å². The summed E-state index contributed by atoms with van der Waals surface area (Å²) < 4.78 is 2.81. The molecular formula is C13H11BrN4. The van der Waals surface area contributed by atoms with Crippen LogP contribution >= 0.6 is 15.9 Å². The van der Waals surface area contributed by atoms with Gasteiger partial charge < -0.3 is 5.73 Å². The molecule has 2 aromatic carbocycles. The maximum atomic E-state index is 5.65. The standard InChI is InChI=1S/C13H11BrN4/c14-11-7-10(6-5-9(11)8-15)18-13-4-2-1-3-12(13)16-17-18/h1-7H,8,15H2. The number of rotatable bonds is 2. The number of nitrogens with two attached hydrogens (primary N) is 1. The highest BCUT2D eigenvalue weighted by atomic mass is 79.9. The van der Waals surface area contributed by atoms with E-state index < -0.39 is 0 Å². The molecule has 0 aliphatic carbocycles. The third kappa shape index (κ3) is 1.81. The Kier molecular flexibility index (Phi) is 2.85. The molecule has 0 saturated heterocycles. The molecule has 18 heavy (non-hydrogen) atoms. The van der Waals surface area contributed by atoms with Crippen molar-refractivity contribution >= 4 is 27.0 Å². The zero-order valence-corrected chi connectivity index (χ0v) is 11.1. The van der Waals surface area contributed by atoms with Gasteiger partial charge in [0.2, 0.25) is 0 Å². The van der Waals surface area contributed by atoms with E-state index in [1.165, 1.54) is 0 Å². The molecule has 0 bridgehead atoms. The third-order valence-electron chi connectivity index (χ3n) is 2.85. The van der Waals surface area contributed by atoms with E-state index in [0.29, 0.717) is 6.54 Å². The second-order valence-corrected chi connectivity index (χ2v) is 4.82. The summed E-state index contributed by atoms with van der Waals surface area (Å²) in [7, 11) is 0. The van der Waals surface area contributed by atoms with E-state index in [9.17, 15) is 0 Å². The van der Waals surface area contributed by atoms with Crippen LogP contribution in [-0.2, 0) is 6.54 Å². The van der Waals surface area contributed by atoms with Crippen LogP contribution in [0, 0.1) is 0 Å². The predicted molar refractivity (Wildman–Crippen MR) is 74.5 cm³/mol. The molecule has 0 amide bonds. The molecule has 90 valence electrons. The molecule has 0 aliphatic heterocycles. The molecule has 4 nitrogen and oxygen atoms in total. The summed E-state index contributed by atoms with van der Waals surface area (Å²) in [5.41, 5.74) is 9.56. The first-order chi connectivity index (χ1) is 8.79. The Hall–Kier alpha value is -1.72. The largest absolute Gasteiger partial charge is 0.326 e. The fourth-order valence-corrected chi connectivity index (χ4v) is 2.42. The normalized spacial score (nSPS) is 11.0. The molecule has 5 heteroatoms. The van der Waals surface area contributed by atoms with Gasteiger partial charge in [-0.1, -0.05) is 39.3 Å². The molecule has 0 aliphatic rings. The van der Waals surface area contributed by atoms with Gasteiger partial charge in [-0.15, -0.1) is 5.10 Å². The van der Waals surface area contributed by atoms with Crippen LogP contribution in [0.3, 0.4) is 0 Å². The van der Waals surface area contributed by atoms with Crippen molar-refractivity contribution in [2.45, 2.75) is 6.54 Å². The van der Waals surface area contributed by atoms with Crippen molar-refractivity contribution in [3.8, 4) is 5.69 Å². The number of hydrogen-bond acceptors (Lipinski definition) is 3. The van der Waals surface area contributed by atoms with Crippen LogP contribution in [0.1, 0.15) is 5.56 Å². The van der Waals surface area contributed by atoms with Gasteiger partial charge in [0.25, 0.3) is 0 Å². The molecule has 1 heterocycles. The Bertz CT molecular complexity index is 705. The number of fused-ring (bicyclic) bond motifs is 1. The zero-order valence-electron chi connectivity index (χ0n) is 9.55. The van der Waals surface area contributed by atoms with E-state index in [4.69, 9.17) is 5.73 Å². The van der Waals surface area contributed by atoms with Crippen LogP contribution in [-0.4, -0.2) is 15.0 Å². The highest BCUT2D eigenvalue weighted by Crippen LogP contribution is 2.22. The Labute approximate surface area is 113 Å². The molecule has 0 saturated carbocycles. The van der Waals surface area contributed by atoms with Gasteiger partial charge in [-0.3, -0.25) is 0 Å². The molecule has 1 aromatic heterocycles. The van der Waals surface area contributed by atoms with Gasteiger partial charge in [-0.05, 0) is 29.8 Å². The van der Waals surface area contributed by atoms with Crippen molar-refractivity contribution in [2.24, 2.45) is 5.73 Å². The smallest absolute Gasteiger partial charge is 0.113 e. The molecule has 0 radical (unpaired) electrons. The maximum Gasteiger partial charge on any atom is 0.113 e. The molecule has 3 aromatic rings. The Morgan fingerprint density at radius 1 is 1.17 bits per heavy atom. The average Bonchev–Trinajstić information content (AvgIpc) is 2.82. The number of aromatic nitrogens is 3. The van der Waals surface area contributed by atoms with Crippen LogP contribution in [0.5, 0.6) is 0 Å². The lowest BCUT2D eigenvalue weighted by atomic mass is 10.2. The molecular weight excluding hydrogens is 292 g/mol. The van der Waals surface area contributed by atoms with Crippen molar-refractivity contribution in [3.05, 3.63) is 52.5 Å². The van der Waals surface area contributed by atoms with Gasteiger partial charge in [0.1, 0.15) is 5.52 Å².